The van der Waals surface area contributed by atoms with Crippen molar-refractivity contribution in [3.8, 4) is 0 Å². The van der Waals surface area contributed by atoms with Crippen LogP contribution in [-0.4, -0.2) is 13.0 Å². The van der Waals surface area contributed by atoms with E-state index >= 15 is 0 Å². The first-order valence-electron chi connectivity index (χ1n) is 6.47. The first kappa shape index (κ1) is 14.5. The summed E-state index contributed by atoms with van der Waals surface area (Å²) in [7, 11) is 1.75. The van der Waals surface area contributed by atoms with E-state index in [1.165, 1.54) is 38.5 Å². The van der Waals surface area contributed by atoms with Crippen LogP contribution in [0.4, 0.5) is 0 Å². The molecule has 0 aliphatic heterocycles. The van der Waals surface area contributed by atoms with Gasteiger partial charge >= 0.3 is 0 Å². The molecule has 0 fully saturated rings. The summed E-state index contributed by atoms with van der Waals surface area (Å²) in [5.74, 6) is 0.496. The van der Waals surface area contributed by atoms with Gasteiger partial charge in [-0.1, -0.05) is 52.4 Å². The molecule has 90 valence electrons. The summed E-state index contributed by atoms with van der Waals surface area (Å²) < 4.78 is 0. The first-order valence-corrected chi connectivity index (χ1v) is 6.47. The third-order valence-corrected chi connectivity index (χ3v) is 2.93. The van der Waals surface area contributed by atoms with E-state index in [1.807, 2.05) is 0 Å². The van der Waals surface area contributed by atoms with E-state index in [-0.39, 0.29) is 11.8 Å². The number of hydrogen-bond donors (Lipinski definition) is 1. The molecule has 0 heterocycles. The van der Waals surface area contributed by atoms with E-state index in [1.54, 1.807) is 7.05 Å². The number of unbranched alkanes of at least 4 members (excludes halogenated alkanes) is 4. The van der Waals surface area contributed by atoms with Crippen LogP contribution in [0.5, 0.6) is 0 Å². The van der Waals surface area contributed by atoms with Gasteiger partial charge in [-0.05, 0) is 12.8 Å². The highest BCUT2D eigenvalue weighted by Gasteiger charge is 2.15. The Labute approximate surface area is 94.8 Å². The maximum absolute atomic E-state index is 11.6. The van der Waals surface area contributed by atoms with Gasteiger partial charge in [-0.25, -0.2) is 0 Å². The highest BCUT2D eigenvalue weighted by atomic mass is 16.1. The van der Waals surface area contributed by atoms with Gasteiger partial charge in [0.05, 0.1) is 0 Å². The van der Waals surface area contributed by atoms with Crippen molar-refractivity contribution >= 4 is 5.91 Å². The number of rotatable bonds is 9. The molecule has 1 amide bonds. The second kappa shape index (κ2) is 10.0. The molecule has 0 aromatic rings. The lowest BCUT2D eigenvalue weighted by atomic mass is 9.94. The Morgan fingerprint density at radius 3 is 1.80 bits per heavy atom. The van der Waals surface area contributed by atoms with E-state index in [4.69, 9.17) is 0 Å². The number of nitrogens with one attached hydrogen (secondary N) is 1. The molecule has 0 saturated heterocycles. The van der Waals surface area contributed by atoms with Gasteiger partial charge in [0, 0.05) is 13.0 Å². The van der Waals surface area contributed by atoms with Crippen molar-refractivity contribution in [3.05, 3.63) is 0 Å². The minimum Gasteiger partial charge on any atom is -0.359 e. The molecule has 2 nitrogen and oxygen atoms in total. The largest absolute Gasteiger partial charge is 0.359 e. The molecule has 0 rings (SSSR count). The Kier molecular flexibility index (Phi) is 9.65. The fourth-order valence-corrected chi connectivity index (χ4v) is 1.89. The molecule has 0 atom stereocenters. The lowest BCUT2D eigenvalue weighted by molar-refractivity contribution is -0.125. The summed E-state index contributed by atoms with van der Waals surface area (Å²) in [6.45, 7) is 4.40. The Morgan fingerprint density at radius 1 is 1.00 bits per heavy atom. The van der Waals surface area contributed by atoms with Gasteiger partial charge in [-0.3, -0.25) is 4.79 Å². The maximum Gasteiger partial charge on any atom is 0.222 e. The zero-order valence-electron chi connectivity index (χ0n) is 10.6. The number of carbonyl (C=O) groups excluding carboxylic acids is 1. The van der Waals surface area contributed by atoms with Crippen LogP contribution in [0.3, 0.4) is 0 Å². The van der Waals surface area contributed by atoms with Crippen molar-refractivity contribution in [2.75, 3.05) is 7.05 Å². The number of hydrogen-bond acceptors (Lipinski definition) is 1. The molecule has 0 radical (unpaired) electrons. The molecule has 2 heteroatoms. The summed E-state index contributed by atoms with van der Waals surface area (Å²) in [5, 5.41) is 2.78. The average Bonchev–Trinajstić information content (AvgIpc) is 2.26. The summed E-state index contributed by atoms with van der Waals surface area (Å²) in [4.78, 5) is 11.6. The molecule has 0 bridgehead atoms. The minimum atomic E-state index is 0.238. The predicted octanol–water partition coefficient (Wildman–Crippen LogP) is 3.51. The average molecular weight is 213 g/mol. The van der Waals surface area contributed by atoms with Crippen molar-refractivity contribution in [3.63, 3.8) is 0 Å². The van der Waals surface area contributed by atoms with Gasteiger partial charge in [0.2, 0.25) is 5.91 Å². The number of carbonyl (C=O) groups is 1. The molecule has 0 unspecified atom stereocenters. The zero-order valence-corrected chi connectivity index (χ0v) is 10.6. The molecule has 0 saturated carbocycles. The molecule has 0 aliphatic rings. The van der Waals surface area contributed by atoms with Crippen LogP contribution in [0.2, 0.25) is 0 Å². The van der Waals surface area contributed by atoms with Crippen LogP contribution in [0.25, 0.3) is 0 Å². The summed E-state index contributed by atoms with van der Waals surface area (Å²) in [6.07, 6.45) is 9.49. The molecule has 0 aliphatic carbocycles. The quantitative estimate of drug-likeness (QED) is 0.583. The topological polar surface area (TPSA) is 29.1 Å². The van der Waals surface area contributed by atoms with Crippen LogP contribution >= 0.6 is 0 Å². The minimum absolute atomic E-state index is 0.238. The molecule has 0 aromatic heterocycles. The third-order valence-electron chi connectivity index (χ3n) is 2.93. The SMILES string of the molecule is CCCCCC(CCCCC)C(=O)NC. The maximum atomic E-state index is 11.6. The highest BCUT2D eigenvalue weighted by Crippen LogP contribution is 2.17. The van der Waals surface area contributed by atoms with E-state index in [2.05, 4.69) is 19.2 Å². The van der Waals surface area contributed by atoms with Crippen LogP contribution in [-0.2, 0) is 4.79 Å². The van der Waals surface area contributed by atoms with Crippen LogP contribution in [0.15, 0.2) is 0 Å². The lowest BCUT2D eigenvalue weighted by Gasteiger charge is -2.14. The van der Waals surface area contributed by atoms with E-state index in [0.717, 1.165) is 12.8 Å². The first-order chi connectivity index (χ1) is 7.26. The highest BCUT2D eigenvalue weighted by molar-refractivity contribution is 5.78. The smallest absolute Gasteiger partial charge is 0.222 e. The van der Waals surface area contributed by atoms with Crippen molar-refractivity contribution in [1.29, 1.82) is 0 Å². The Bertz CT molecular complexity index is 147. The molecular formula is C13H27NO. The van der Waals surface area contributed by atoms with Crippen molar-refractivity contribution < 1.29 is 4.79 Å². The van der Waals surface area contributed by atoms with Crippen LogP contribution < -0.4 is 5.32 Å². The van der Waals surface area contributed by atoms with Crippen LogP contribution in [0, 0.1) is 5.92 Å². The van der Waals surface area contributed by atoms with E-state index in [9.17, 15) is 4.79 Å². The van der Waals surface area contributed by atoms with Crippen molar-refractivity contribution in [1.82, 2.24) is 5.32 Å². The third kappa shape index (κ3) is 7.40. The van der Waals surface area contributed by atoms with Crippen molar-refractivity contribution in [2.45, 2.75) is 65.2 Å². The Balaban J connectivity index is 3.79. The monoisotopic (exact) mass is 213 g/mol. The fraction of sp³-hybridized carbons (Fsp3) is 0.923. The van der Waals surface area contributed by atoms with Gasteiger partial charge in [-0.15, -0.1) is 0 Å². The molecule has 15 heavy (non-hydrogen) atoms. The second-order valence-corrected chi connectivity index (χ2v) is 4.30. The number of amides is 1. The van der Waals surface area contributed by atoms with E-state index in [0.29, 0.717) is 0 Å². The molecule has 1 N–H and O–H groups in total. The zero-order chi connectivity index (χ0) is 11.5. The van der Waals surface area contributed by atoms with Gasteiger partial charge in [-0.2, -0.15) is 0 Å². The Hall–Kier alpha value is -0.530. The standard InChI is InChI=1S/C13H27NO/c1-4-6-8-10-12(13(15)14-3)11-9-7-5-2/h12H,4-11H2,1-3H3,(H,14,15). The van der Waals surface area contributed by atoms with Gasteiger partial charge in [0.15, 0.2) is 0 Å². The fourth-order valence-electron chi connectivity index (χ4n) is 1.89. The van der Waals surface area contributed by atoms with Gasteiger partial charge in [0.1, 0.15) is 0 Å². The summed E-state index contributed by atoms with van der Waals surface area (Å²) in [5.41, 5.74) is 0. The molecular weight excluding hydrogens is 186 g/mol. The Morgan fingerprint density at radius 2 is 1.47 bits per heavy atom. The lowest BCUT2D eigenvalue weighted by Crippen LogP contribution is -2.27. The van der Waals surface area contributed by atoms with E-state index < -0.39 is 0 Å². The predicted molar refractivity (Wildman–Crippen MR) is 65.8 cm³/mol. The summed E-state index contributed by atoms with van der Waals surface area (Å²) in [6, 6.07) is 0. The molecule has 0 aromatic carbocycles. The second-order valence-electron chi connectivity index (χ2n) is 4.30. The van der Waals surface area contributed by atoms with Crippen LogP contribution in [0.1, 0.15) is 65.2 Å². The normalized spacial score (nSPS) is 10.7. The van der Waals surface area contributed by atoms with Crippen molar-refractivity contribution in [2.24, 2.45) is 5.92 Å². The van der Waals surface area contributed by atoms with Gasteiger partial charge < -0.3 is 5.32 Å². The molecule has 0 spiro atoms. The summed E-state index contributed by atoms with van der Waals surface area (Å²) >= 11 is 0. The van der Waals surface area contributed by atoms with Gasteiger partial charge in [0.25, 0.3) is 0 Å².